The van der Waals surface area contributed by atoms with E-state index < -0.39 is 0 Å². The molecule has 1 aromatic rings. The molecule has 0 aliphatic carbocycles. The number of nitrogens with zero attached hydrogens (tertiary/aromatic N) is 2. The number of hydrogen-bond acceptors (Lipinski definition) is 5. The van der Waals surface area contributed by atoms with Crippen LogP contribution in [-0.4, -0.2) is 73.7 Å². The SMILES string of the molecule is CCN1CCC[C@@H]1CNC(=O)c1ccc(OC)c(OC2CCN(C(C)C)CC2)c1. The molecule has 6 nitrogen and oxygen atoms in total. The molecule has 29 heavy (non-hydrogen) atoms. The van der Waals surface area contributed by atoms with E-state index in [1.165, 1.54) is 6.42 Å². The van der Waals surface area contributed by atoms with E-state index in [-0.39, 0.29) is 12.0 Å². The van der Waals surface area contributed by atoms with Crippen LogP contribution < -0.4 is 14.8 Å². The number of nitrogens with one attached hydrogen (secondary N) is 1. The Hall–Kier alpha value is -1.79. The van der Waals surface area contributed by atoms with E-state index in [4.69, 9.17) is 9.47 Å². The number of amides is 1. The lowest BCUT2D eigenvalue weighted by Gasteiger charge is -2.34. The number of carbonyl (C=O) groups excluding carboxylic acids is 1. The molecule has 0 aromatic heterocycles. The summed E-state index contributed by atoms with van der Waals surface area (Å²) in [6.45, 7) is 11.6. The van der Waals surface area contributed by atoms with Gasteiger partial charge in [-0.3, -0.25) is 9.69 Å². The van der Waals surface area contributed by atoms with Gasteiger partial charge in [0.25, 0.3) is 5.91 Å². The van der Waals surface area contributed by atoms with Gasteiger partial charge in [-0.1, -0.05) is 6.92 Å². The first-order valence-electron chi connectivity index (χ1n) is 11.1. The van der Waals surface area contributed by atoms with Gasteiger partial charge < -0.3 is 19.7 Å². The number of methoxy groups -OCH3 is 1. The molecular weight excluding hydrogens is 366 g/mol. The number of ether oxygens (including phenoxy) is 2. The van der Waals surface area contributed by atoms with Crippen molar-refractivity contribution in [3.63, 3.8) is 0 Å². The highest BCUT2D eigenvalue weighted by molar-refractivity contribution is 5.94. The van der Waals surface area contributed by atoms with Crippen molar-refractivity contribution < 1.29 is 14.3 Å². The predicted molar refractivity (Wildman–Crippen MR) is 116 cm³/mol. The average Bonchev–Trinajstić information content (AvgIpc) is 3.20. The molecule has 2 heterocycles. The van der Waals surface area contributed by atoms with Crippen molar-refractivity contribution in [2.24, 2.45) is 0 Å². The zero-order valence-electron chi connectivity index (χ0n) is 18.4. The molecule has 1 N–H and O–H groups in total. The molecular formula is C23H37N3O3. The van der Waals surface area contributed by atoms with Crippen LogP contribution in [0.1, 0.15) is 56.8 Å². The molecule has 6 heteroatoms. The van der Waals surface area contributed by atoms with Crippen LogP contribution in [0.3, 0.4) is 0 Å². The monoisotopic (exact) mass is 403 g/mol. The first-order chi connectivity index (χ1) is 14.0. The van der Waals surface area contributed by atoms with Gasteiger partial charge in [-0.15, -0.1) is 0 Å². The van der Waals surface area contributed by atoms with Crippen molar-refractivity contribution in [2.45, 2.75) is 64.6 Å². The maximum Gasteiger partial charge on any atom is 0.251 e. The van der Waals surface area contributed by atoms with Crippen LogP contribution in [-0.2, 0) is 0 Å². The molecule has 0 bridgehead atoms. The summed E-state index contributed by atoms with van der Waals surface area (Å²) in [6.07, 6.45) is 4.51. The Balaban J connectivity index is 1.60. The Bertz CT molecular complexity index is 671. The number of hydrogen-bond donors (Lipinski definition) is 1. The Morgan fingerprint density at radius 3 is 2.59 bits per heavy atom. The van der Waals surface area contributed by atoms with E-state index in [2.05, 4.69) is 35.9 Å². The van der Waals surface area contributed by atoms with E-state index in [1.54, 1.807) is 7.11 Å². The highest BCUT2D eigenvalue weighted by Gasteiger charge is 2.25. The van der Waals surface area contributed by atoms with Crippen molar-refractivity contribution in [3.05, 3.63) is 23.8 Å². The standard InChI is InChI=1S/C23H37N3O3/c1-5-25-12-6-7-19(25)16-24-23(27)18-8-9-21(28-4)22(15-18)29-20-10-13-26(14-11-20)17(2)3/h8-9,15,17,19-20H,5-7,10-14,16H2,1-4H3,(H,24,27)/t19-/m1/s1. The van der Waals surface area contributed by atoms with Gasteiger partial charge in [-0.05, 0) is 70.8 Å². The van der Waals surface area contributed by atoms with Crippen molar-refractivity contribution in [1.29, 1.82) is 0 Å². The molecule has 0 unspecified atom stereocenters. The first-order valence-corrected chi connectivity index (χ1v) is 11.1. The third kappa shape index (κ3) is 5.64. The summed E-state index contributed by atoms with van der Waals surface area (Å²) in [7, 11) is 1.64. The Kier molecular flexibility index (Phi) is 7.78. The highest BCUT2D eigenvalue weighted by Crippen LogP contribution is 2.31. The second-order valence-corrected chi connectivity index (χ2v) is 8.45. The number of likely N-dealkylation sites (tertiary alicyclic amines) is 2. The van der Waals surface area contributed by atoms with Crippen LogP contribution in [0.15, 0.2) is 18.2 Å². The zero-order chi connectivity index (χ0) is 20.8. The van der Waals surface area contributed by atoms with Gasteiger partial charge in [-0.25, -0.2) is 0 Å². The van der Waals surface area contributed by atoms with Gasteiger partial charge in [0.2, 0.25) is 0 Å². The number of rotatable bonds is 8. The fourth-order valence-corrected chi connectivity index (χ4v) is 4.45. The van der Waals surface area contributed by atoms with Crippen LogP contribution in [0, 0.1) is 0 Å². The quantitative estimate of drug-likeness (QED) is 0.723. The van der Waals surface area contributed by atoms with Crippen molar-refractivity contribution in [3.8, 4) is 11.5 Å². The summed E-state index contributed by atoms with van der Waals surface area (Å²) in [5, 5.41) is 3.11. The van der Waals surface area contributed by atoms with Gasteiger partial charge in [0.15, 0.2) is 11.5 Å². The molecule has 3 rings (SSSR count). The third-order valence-corrected chi connectivity index (χ3v) is 6.33. The summed E-state index contributed by atoms with van der Waals surface area (Å²) in [5.74, 6) is 1.30. The summed E-state index contributed by atoms with van der Waals surface area (Å²) in [5.41, 5.74) is 0.626. The minimum absolute atomic E-state index is 0.0462. The highest BCUT2D eigenvalue weighted by atomic mass is 16.5. The summed E-state index contributed by atoms with van der Waals surface area (Å²) in [6, 6.07) is 6.50. The van der Waals surface area contributed by atoms with Crippen molar-refractivity contribution in [1.82, 2.24) is 15.1 Å². The van der Waals surface area contributed by atoms with Crippen LogP contribution in [0.4, 0.5) is 0 Å². The van der Waals surface area contributed by atoms with Crippen LogP contribution in [0.2, 0.25) is 0 Å². The molecule has 0 spiro atoms. The average molecular weight is 404 g/mol. The van der Waals surface area contributed by atoms with Crippen LogP contribution >= 0.6 is 0 Å². The summed E-state index contributed by atoms with van der Waals surface area (Å²) in [4.78, 5) is 17.6. The molecule has 1 atom stereocenters. The number of piperidine rings is 1. The summed E-state index contributed by atoms with van der Waals surface area (Å²) >= 11 is 0. The second kappa shape index (κ2) is 10.3. The number of benzene rings is 1. The first kappa shape index (κ1) is 21.9. The molecule has 2 aliphatic heterocycles. The van der Waals surface area contributed by atoms with Gasteiger partial charge in [0.05, 0.1) is 7.11 Å². The maximum absolute atomic E-state index is 12.7. The Labute approximate surface area is 175 Å². The molecule has 1 amide bonds. The smallest absolute Gasteiger partial charge is 0.251 e. The molecule has 2 fully saturated rings. The topological polar surface area (TPSA) is 54.0 Å². The lowest BCUT2D eigenvalue weighted by Crippen LogP contribution is -2.41. The van der Waals surface area contributed by atoms with Gasteiger partial charge in [0, 0.05) is 37.3 Å². The van der Waals surface area contributed by atoms with Gasteiger partial charge in [0.1, 0.15) is 6.10 Å². The van der Waals surface area contributed by atoms with Crippen LogP contribution in [0.5, 0.6) is 11.5 Å². The third-order valence-electron chi connectivity index (χ3n) is 6.33. The van der Waals surface area contributed by atoms with Crippen molar-refractivity contribution in [2.75, 3.05) is 39.8 Å². The predicted octanol–water partition coefficient (Wildman–Crippen LogP) is 3.16. The lowest BCUT2D eigenvalue weighted by atomic mass is 10.1. The maximum atomic E-state index is 12.7. The minimum atomic E-state index is -0.0462. The molecule has 0 radical (unpaired) electrons. The number of likely N-dealkylation sites (N-methyl/N-ethyl adjacent to an activating group) is 1. The van der Waals surface area contributed by atoms with E-state index in [0.29, 0.717) is 35.7 Å². The van der Waals surface area contributed by atoms with Gasteiger partial charge in [-0.2, -0.15) is 0 Å². The van der Waals surface area contributed by atoms with E-state index in [0.717, 1.165) is 45.4 Å². The lowest BCUT2D eigenvalue weighted by molar-refractivity contribution is 0.0818. The van der Waals surface area contributed by atoms with Crippen LogP contribution in [0.25, 0.3) is 0 Å². The van der Waals surface area contributed by atoms with Crippen molar-refractivity contribution >= 4 is 5.91 Å². The molecule has 2 saturated heterocycles. The normalized spacial score (nSPS) is 21.5. The largest absolute Gasteiger partial charge is 0.493 e. The van der Waals surface area contributed by atoms with E-state index >= 15 is 0 Å². The fraction of sp³-hybridized carbons (Fsp3) is 0.696. The van der Waals surface area contributed by atoms with E-state index in [1.807, 2.05) is 18.2 Å². The minimum Gasteiger partial charge on any atom is -0.493 e. The fourth-order valence-electron chi connectivity index (χ4n) is 4.45. The zero-order valence-corrected chi connectivity index (χ0v) is 18.4. The molecule has 1 aromatic carbocycles. The Morgan fingerprint density at radius 1 is 1.17 bits per heavy atom. The molecule has 162 valence electrons. The molecule has 2 aliphatic rings. The second-order valence-electron chi connectivity index (χ2n) is 8.45. The molecule has 0 saturated carbocycles. The number of carbonyl (C=O) groups is 1. The summed E-state index contributed by atoms with van der Waals surface area (Å²) < 4.78 is 11.7. The van der Waals surface area contributed by atoms with Gasteiger partial charge >= 0.3 is 0 Å². The van der Waals surface area contributed by atoms with E-state index in [9.17, 15) is 4.79 Å². The Morgan fingerprint density at radius 2 is 1.93 bits per heavy atom.